The Morgan fingerprint density at radius 3 is 2.54 bits per heavy atom. The van der Waals surface area contributed by atoms with Crippen LogP contribution in [0.25, 0.3) is 0 Å². The molecule has 1 atom stereocenters. The molecule has 1 aromatic heterocycles. The van der Waals surface area contributed by atoms with Crippen LogP contribution in [0.2, 0.25) is 0 Å². The molecule has 0 saturated carbocycles. The van der Waals surface area contributed by atoms with Gasteiger partial charge in [-0.05, 0) is 34.6 Å². The Hall–Kier alpha value is -2.29. The number of carbonyl (C=O) groups excluding carboxylic acids is 2. The van der Waals surface area contributed by atoms with Gasteiger partial charge in [-0.3, -0.25) is 4.90 Å². The van der Waals surface area contributed by atoms with Gasteiger partial charge in [-0.15, -0.1) is 0 Å². The van der Waals surface area contributed by atoms with Gasteiger partial charge in [0.05, 0.1) is 31.9 Å². The maximum absolute atomic E-state index is 12.7. The van der Waals surface area contributed by atoms with E-state index in [0.29, 0.717) is 24.5 Å². The van der Waals surface area contributed by atoms with Gasteiger partial charge in [0.25, 0.3) is 0 Å². The van der Waals surface area contributed by atoms with Crippen molar-refractivity contribution in [1.82, 2.24) is 14.7 Å². The number of nitrogens with zero attached hydrogens (tertiary/aromatic N) is 3. The number of anilines is 1. The maximum atomic E-state index is 12.7. The number of aromatic nitrogens is 2. The molecule has 2 N–H and O–H groups in total. The van der Waals surface area contributed by atoms with E-state index < -0.39 is 23.7 Å². The highest BCUT2D eigenvalue weighted by Crippen LogP contribution is 2.34. The molecular formula is C17H28N4O5. The van der Waals surface area contributed by atoms with Crippen molar-refractivity contribution in [2.24, 2.45) is 0 Å². The summed E-state index contributed by atoms with van der Waals surface area (Å²) < 4.78 is 17.4. The number of nitrogens with two attached hydrogens (primary N) is 1. The zero-order valence-electron chi connectivity index (χ0n) is 16.2. The molecule has 0 bridgehead atoms. The van der Waals surface area contributed by atoms with Crippen LogP contribution in [0.5, 0.6) is 0 Å². The van der Waals surface area contributed by atoms with Crippen molar-refractivity contribution in [2.45, 2.75) is 52.3 Å². The number of ether oxygens (including phenoxy) is 3. The Kier molecular flexibility index (Phi) is 5.80. The summed E-state index contributed by atoms with van der Waals surface area (Å²) in [6.07, 6.45) is -0.488. The van der Waals surface area contributed by atoms with Gasteiger partial charge in [0.2, 0.25) is 0 Å². The summed E-state index contributed by atoms with van der Waals surface area (Å²) in [7, 11) is 1.28. The van der Waals surface area contributed by atoms with Crippen LogP contribution < -0.4 is 5.73 Å². The van der Waals surface area contributed by atoms with Gasteiger partial charge in [-0.2, -0.15) is 5.10 Å². The second-order valence-electron chi connectivity index (χ2n) is 7.44. The lowest BCUT2D eigenvalue weighted by atomic mass is 10.0. The molecule has 1 saturated heterocycles. The molecule has 26 heavy (non-hydrogen) atoms. The minimum atomic E-state index is -0.640. The van der Waals surface area contributed by atoms with Crippen LogP contribution in [0.1, 0.15) is 62.8 Å². The monoisotopic (exact) mass is 368 g/mol. The van der Waals surface area contributed by atoms with E-state index in [-0.39, 0.29) is 18.3 Å². The summed E-state index contributed by atoms with van der Waals surface area (Å²) in [4.78, 5) is 26.4. The second kappa shape index (κ2) is 7.53. The summed E-state index contributed by atoms with van der Waals surface area (Å²) in [5.41, 5.74) is 6.15. The van der Waals surface area contributed by atoms with Crippen LogP contribution in [-0.2, 0) is 14.2 Å². The predicted molar refractivity (Wildman–Crippen MR) is 94.9 cm³/mol. The van der Waals surface area contributed by atoms with Crippen LogP contribution in [0.3, 0.4) is 0 Å². The zero-order chi connectivity index (χ0) is 19.6. The van der Waals surface area contributed by atoms with Crippen LogP contribution in [0.15, 0.2) is 0 Å². The molecule has 2 heterocycles. The van der Waals surface area contributed by atoms with Crippen molar-refractivity contribution >= 4 is 17.9 Å². The molecule has 0 spiro atoms. The Morgan fingerprint density at radius 2 is 2.00 bits per heavy atom. The molecule has 1 aliphatic rings. The first kappa shape index (κ1) is 20.0. The fourth-order valence-electron chi connectivity index (χ4n) is 2.81. The molecule has 2 rings (SSSR count). The third-order valence-corrected chi connectivity index (χ3v) is 3.94. The first-order chi connectivity index (χ1) is 12.1. The van der Waals surface area contributed by atoms with E-state index in [1.807, 2.05) is 13.8 Å². The van der Waals surface area contributed by atoms with Crippen molar-refractivity contribution in [3.63, 3.8) is 0 Å². The van der Waals surface area contributed by atoms with Crippen molar-refractivity contribution in [2.75, 3.05) is 32.6 Å². The maximum Gasteiger partial charge on any atom is 0.410 e. The fraction of sp³-hybridized carbons (Fsp3) is 0.706. The standard InChI is InChI=1S/C17H28N4O5/c1-10(2)21-14(18)12(13(19-21)15(22)24-6)11-9-25-8-7-20(11)16(23)26-17(3,4)5/h10-11H,7-9,18H2,1-6H3. The van der Waals surface area contributed by atoms with Crippen molar-refractivity contribution in [3.05, 3.63) is 11.3 Å². The molecule has 0 radical (unpaired) electrons. The Labute approximate surface area is 153 Å². The van der Waals surface area contributed by atoms with Gasteiger partial charge in [-0.1, -0.05) is 0 Å². The Balaban J connectivity index is 2.49. The minimum absolute atomic E-state index is 0.0633. The summed E-state index contributed by atoms with van der Waals surface area (Å²) >= 11 is 0. The van der Waals surface area contributed by atoms with Crippen LogP contribution in [0, 0.1) is 0 Å². The molecular weight excluding hydrogens is 340 g/mol. The number of carbonyl (C=O) groups is 2. The number of hydrogen-bond acceptors (Lipinski definition) is 7. The quantitative estimate of drug-likeness (QED) is 0.814. The Morgan fingerprint density at radius 1 is 1.35 bits per heavy atom. The van der Waals surface area contributed by atoms with E-state index in [9.17, 15) is 9.59 Å². The lowest BCUT2D eigenvalue weighted by Crippen LogP contribution is -2.46. The van der Waals surface area contributed by atoms with Crippen LogP contribution in [-0.4, -0.2) is 59.2 Å². The highest BCUT2D eigenvalue weighted by molar-refractivity contribution is 5.91. The molecule has 9 nitrogen and oxygen atoms in total. The molecule has 1 aromatic rings. The number of morpholine rings is 1. The van der Waals surface area contributed by atoms with E-state index >= 15 is 0 Å². The smallest absolute Gasteiger partial charge is 0.410 e. The summed E-state index contributed by atoms with van der Waals surface area (Å²) in [6.45, 7) is 10.1. The van der Waals surface area contributed by atoms with Gasteiger partial charge >= 0.3 is 12.1 Å². The van der Waals surface area contributed by atoms with E-state index in [0.717, 1.165) is 0 Å². The highest BCUT2D eigenvalue weighted by Gasteiger charge is 2.38. The second-order valence-corrected chi connectivity index (χ2v) is 7.44. The lowest BCUT2D eigenvalue weighted by Gasteiger charge is -2.36. The van der Waals surface area contributed by atoms with E-state index in [1.165, 1.54) is 12.0 Å². The average molecular weight is 368 g/mol. The first-order valence-corrected chi connectivity index (χ1v) is 8.60. The van der Waals surface area contributed by atoms with E-state index in [4.69, 9.17) is 19.9 Å². The normalized spacial score (nSPS) is 18.1. The number of amides is 1. The van der Waals surface area contributed by atoms with Crippen molar-refractivity contribution in [1.29, 1.82) is 0 Å². The van der Waals surface area contributed by atoms with Gasteiger partial charge < -0.3 is 19.9 Å². The number of nitrogen functional groups attached to an aromatic ring is 1. The van der Waals surface area contributed by atoms with Crippen LogP contribution in [0.4, 0.5) is 10.6 Å². The van der Waals surface area contributed by atoms with Gasteiger partial charge in [0, 0.05) is 12.6 Å². The fourth-order valence-corrected chi connectivity index (χ4v) is 2.81. The van der Waals surface area contributed by atoms with Crippen molar-refractivity contribution < 1.29 is 23.8 Å². The molecule has 1 fully saturated rings. The third-order valence-electron chi connectivity index (χ3n) is 3.94. The molecule has 1 unspecified atom stereocenters. The Bertz CT molecular complexity index is 677. The van der Waals surface area contributed by atoms with Crippen LogP contribution >= 0.6 is 0 Å². The van der Waals surface area contributed by atoms with E-state index in [1.54, 1.807) is 25.5 Å². The highest BCUT2D eigenvalue weighted by atomic mass is 16.6. The molecule has 146 valence electrons. The molecule has 1 aliphatic heterocycles. The number of hydrogen-bond donors (Lipinski definition) is 1. The predicted octanol–water partition coefficient (Wildman–Crippen LogP) is 2.14. The summed E-state index contributed by atoms with van der Waals surface area (Å²) in [5, 5.41) is 4.31. The topological polar surface area (TPSA) is 109 Å². The molecule has 9 heteroatoms. The minimum Gasteiger partial charge on any atom is -0.464 e. The summed E-state index contributed by atoms with van der Waals surface area (Å²) in [6, 6.07) is -0.646. The first-order valence-electron chi connectivity index (χ1n) is 8.60. The summed E-state index contributed by atoms with van der Waals surface area (Å²) in [5.74, 6) is -0.301. The molecule has 1 amide bonds. The van der Waals surface area contributed by atoms with E-state index in [2.05, 4.69) is 5.10 Å². The average Bonchev–Trinajstić information content (AvgIpc) is 2.90. The van der Waals surface area contributed by atoms with Gasteiger partial charge in [-0.25, -0.2) is 14.3 Å². The van der Waals surface area contributed by atoms with Gasteiger partial charge in [0.1, 0.15) is 11.4 Å². The zero-order valence-corrected chi connectivity index (χ0v) is 16.2. The largest absolute Gasteiger partial charge is 0.464 e. The number of esters is 1. The SMILES string of the molecule is COC(=O)c1nn(C(C)C)c(N)c1C1COCCN1C(=O)OC(C)(C)C. The third kappa shape index (κ3) is 4.09. The molecule has 0 aliphatic carbocycles. The van der Waals surface area contributed by atoms with Gasteiger partial charge in [0.15, 0.2) is 5.69 Å². The number of methoxy groups -OCH3 is 1. The number of rotatable bonds is 3. The molecule has 0 aromatic carbocycles. The van der Waals surface area contributed by atoms with Crippen molar-refractivity contribution in [3.8, 4) is 0 Å². The lowest BCUT2D eigenvalue weighted by molar-refractivity contribution is -0.0332.